The Morgan fingerprint density at radius 1 is 1.23 bits per heavy atom. The lowest BCUT2D eigenvalue weighted by Gasteiger charge is -2.09. The van der Waals surface area contributed by atoms with Gasteiger partial charge in [-0.15, -0.1) is 0 Å². The molecule has 0 aliphatic heterocycles. The van der Waals surface area contributed by atoms with Gasteiger partial charge in [0.15, 0.2) is 0 Å². The molecule has 0 fully saturated rings. The molecule has 5 nitrogen and oxygen atoms in total. The fourth-order valence-electron chi connectivity index (χ4n) is 2.24. The van der Waals surface area contributed by atoms with Crippen molar-refractivity contribution in [3.8, 4) is 17.1 Å². The maximum Gasteiger partial charge on any atom is 0.139 e. The maximum atomic E-state index is 6.16. The molecule has 0 aliphatic rings. The fourth-order valence-corrected chi connectivity index (χ4v) is 2.83. The number of benzene rings is 1. The van der Waals surface area contributed by atoms with Gasteiger partial charge in [0.2, 0.25) is 0 Å². The van der Waals surface area contributed by atoms with E-state index in [9.17, 15) is 0 Å². The van der Waals surface area contributed by atoms with Crippen molar-refractivity contribution in [2.75, 3.05) is 12.8 Å². The Morgan fingerprint density at radius 3 is 2.64 bits per heavy atom. The molecule has 2 aromatic heterocycles. The number of aromatic nitrogens is 2. The lowest BCUT2D eigenvalue weighted by molar-refractivity contribution is 0.373. The number of nitrogen functional groups attached to an aromatic ring is 1. The maximum absolute atomic E-state index is 6.16. The van der Waals surface area contributed by atoms with Crippen LogP contribution in [0, 0.1) is 0 Å². The van der Waals surface area contributed by atoms with Gasteiger partial charge in [0.25, 0.3) is 0 Å². The van der Waals surface area contributed by atoms with Crippen molar-refractivity contribution in [2.24, 2.45) is 0 Å². The molecule has 3 aromatic rings. The molecule has 0 spiro atoms. The summed E-state index contributed by atoms with van der Waals surface area (Å²) >= 11 is 3.52. The third-order valence-electron chi connectivity index (χ3n) is 3.50. The van der Waals surface area contributed by atoms with Crippen LogP contribution in [0.15, 0.2) is 33.3 Å². The zero-order valence-corrected chi connectivity index (χ0v) is 14.1. The molecular formula is C16H16BrN3O2. The number of methoxy groups -OCH3 is 1. The van der Waals surface area contributed by atoms with Gasteiger partial charge in [-0.2, -0.15) is 0 Å². The van der Waals surface area contributed by atoms with E-state index in [2.05, 4.69) is 26.1 Å². The highest BCUT2D eigenvalue weighted by atomic mass is 79.9. The van der Waals surface area contributed by atoms with Crippen LogP contribution in [0.2, 0.25) is 0 Å². The highest BCUT2D eigenvalue weighted by molar-refractivity contribution is 9.10. The number of halogens is 1. The van der Waals surface area contributed by atoms with Crippen LogP contribution in [0.4, 0.5) is 5.69 Å². The van der Waals surface area contributed by atoms with Crippen LogP contribution < -0.4 is 10.5 Å². The standard InChI is InChI=1S/C16H16BrN3O2/c1-8(2)14-7-12(20-22-14)11-6-10(18)9-4-5-13(21-3)15(17)16(9)19-11/h4-8H,1-3H3,(H2,18,19). The van der Waals surface area contributed by atoms with Gasteiger partial charge in [-0.25, -0.2) is 4.98 Å². The first-order valence-corrected chi connectivity index (χ1v) is 7.70. The van der Waals surface area contributed by atoms with E-state index in [-0.39, 0.29) is 5.92 Å². The number of nitrogens with two attached hydrogens (primary N) is 1. The van der Waals surface area contributed by atoms with Crippen LogP contribution in [-0.2, 0) is 0 Å². The molecule has 0 saturated carbocycles. The zero-order chi connectivity index (χ0) is 15.9. The quantitative estimate of drug-likeness (QED) is 0.749. The van der Waals surface area contributed by atoms with Gasteiger partial charge in [0.05, 0.1) is 22.8 Å². The Kier molecular flexibility index (Phi) is 3.78. The summed E-state index contributed by atoms with van der Waals surface area (Å²) in [5.74, 6) is 1.80. The summed E-state index contributed by atoms with van der Waals surface area (Å²) in [6.07, 6.45) is 0. The SMILES string of the molecule is COc1ccc2c(N)cc(-c3cc(C(C)C)on3)nc2c1Br. The Hall–Kier alpha value is -2.08. The topological polar surface area (TPSA) is 74.2 Å². The Balaban J connectivity index is 2.20. The van der Waals surface area contributed by atoms with Gasteiger partial charge in [-0.3, -0.25) is 0 Å². The summed E-state index contributed by atoms with van der Waals surface area (Å²) in [5, 5.41) is 4.95. The number of rotatable bonds is 3. The highest BCUT2D eigenvalue weighted by Gasteiger charge is 2.15. The van der Waals surface area contributed by atoms with Crippen molar-refractivity contribution in [3.05, 3.63) is 34.5 Å². The normalized spacial score (nSPS) is 11.3. The first-order valence-electron chi connectivity index (χ1n) is 6.91. The minimum Gasteiger partial charge on any atom is -0.495 e. The molecule has 0 saturated heterocycles. The second kappa shape index (κ2) is 5.61. The molecule has 0 bridgehead atoms. The fraction of sp³-hybridized carbons (Fsp3) is 0.250. The van der Waals surface area contributed by atoms with Crippen LogP contribution in [0.1, 0.15) is 25.5 Å². The Morgan fingerprint density at radius 2 is 2.00 bits per heavy atom. The predicted molar refractivity (Wildman–Crippen MR) is 90.0 cm³/mol. The van der Waals surface area contributed by atoms with E-state index < -0.39 is 0 Å². The van der Waals surface area contributed by atoms with Gasteiger partial charge in [0.1, 0.15) is 17.2 Å². The van der Waals surface area contributed by atoms with Gasteiger partial charge >= 0.3 is 0 Å². The van der Waals surface area contributed by atoms with E-state index >= 15 is 0 Å². The number of anilines is 1. The van der Waals surface area contributed by atoms with E-state index in [4.69, 9.17) is 15.0 Å². The number of fused-ring (bicyclic) bond motifs is 1. The second-order valence-corrected chi connectivity index (χ2v) is 6.14. The number of hydrogen-bond donors (Lipinski definition) is 1. The van der Waals surface area contributed by atoms with Crippen molar-refractivity contribution in [2.45, 2.75) is 19.8 Å². The van der Waals surface area contributed by atoms with Crippen LogP contribution >= 0.6 is 15.9 Å². The van der Waals surface area contributed by atoms with Crippen molar-refractivity contribution in [1.82, 2.24) is 10.1 Å². The largest absolute Gasteiger partial charge is 0.495 e. The van der Waals surface area contributed by atoms with E-state index in [0.29, 0.717) is 22.8 Å². The molecule has 22 heavy (non-hydrogen) atoms. The molecule has 0 radical (unpaired) electrons. The second-order valence-electron chi connectivity index (χ2n) is 5.34. The minimum absolute atomic E-state index is 0.269. The van der Waals surface area contributed by atoms with Gasteiger partial charge in [-0.05, 0) is 34.1 Å². The van der Waals surface area contributed by atoms with Gasteiger partial charge in [-0.1, -0.05) is 19.0 Å². The monoisotopic (exact) mass is 361 g/mol. The van der Waals surface area contributed by atoms with Gasteiger partial charge < -0.3 is 15.0 Å². The molecule has 3 rings (SSSR count). The average Bonchev–Trinajstić information content (AvgIpc) is 2.98. The third-order valence-corrected chi connectivity index (χ3v) is 4.26. The highest BCUT2D eigenvalue weighted by Crippen LogP contribution is 2.36. The van der Waals surface area contributed by atoms with Crippen molar-refractivity contribution < 1.29 is 9.26 Å². The molecule has 1 aromatic carbocycles. The summed E-state index contributed by atoms with van der Waals surface area (Å²) in [6.45, 7) is 4.10. The first-order chi connectivity index (χ1) is 10.5. The molecule has 0 aliphatic carbocycles. The summed E-state index contributed by atoms with van der Waals surface area (Å²) in [7, 11) is 1.62. The molecule has 0 amide bonds. The predicted octanol–water partition coefficient (Wildman–Crippen LogP) is 4.37. The van der Waals surface area contributed by atoms with Crippen LogP contribution in [0.25, 0.3) is 22.3 Å². The number of hydrogen-bond acceptors (Lipinski definition) is 5. The summed E-state index contributed by atoms with van der Waals surface area (Å²) in [6, 6.07) is 7.46. The van der Waals surface area contributed by atoms with E-state index in [1.807, 2.05) is 38.1 Å². The number of pyridine rings is 1. The van der Waals surface area contributed by atoms with Gasteiger partial charge in [0, 0.05) is 23.1 Å². The number of nitrogens with zero attached hydrogens (tertiary/aromatic N) is 2. The molecule has 6 heteroatoms. The minimum atomic E-state index is 0.269. The molecular weight excluding hydrogens is 346 g/mol. The zero-order valence-electron chi connectivity index (χ0n) is 12.6. The molecule has 0 atom stereocenters. The van der Waals surface area contributed by atoms with Crippen LogP contribution in [0.5, 0.6) is 5.75 Å². The molecule has 0 unspecified atom stereocenters. The van der Waals surface area contributed by atoms with Crippen molar-refractivity contribution >= 4 is 32.5 Å². The van der Waals surface area contributed by atoms with Crippen molar-refractivity contribution in [3.63, 3.8) is 0 Å². The van der Waals surface area contributed by atoms with E-state index in [1.54, 1.807) is 7.11 Å². The van der Waals surface area contributed by atoms with E-state index in [0.717, 1.165) is 21.1 Å². The first kappa shape index (κ1) is 14.8. The van der Waals surface area contributed by atoms with E-state index in [1.165, 1.54) is 0 Å². The smallest absolute Gasteiger partial charge is 0.139 e. The molecule has 2 N–H and O–H groups in total. The van der Waals surface area contributed by atoms with Crippen LogP contribution in [0.3, 0.4) is 0 Å². The Labute approximate surface area is 136 Å². The van der Waals surface area contributed by atoms with Crippen molar-refractivity contribution in [1.29, 1.82) is 0 Å². The molecule has 114 valence electrons. The number of ether oxygens (including phenoxy) is 1. The van der Waals surface area contributed by atoms with Crippen LogP contribution in [-0.4, -0.2) is 17.3 Å². The Bertz CT molecular complexity index is 843. The third kappa shape index (κ3) is 2.43. The lowest BCUT2D eigenvalue weighted by Crippen LogP contribution is -1.95. The average molecular weight is 362 g/mol. The summed E-state index contributed by atoms with van der Waals surface area (Å²) < 4.78 is 11.4. The summed E-state index contributed by atoms with van der Waals surface area (Å²) in [4.78, 5) is 4.66. The lowest BCUT2D eigenvalue weighted by atomic mass is 10.1. The summed E-state index contributed by atoms with van der Waals surface area (Å²) in [5.41, 5.74) is 8.89. The molecule has 2 heterocycles.